The lowest BCUT2D eigenvalue weighted by molar-refractivity contribution is 0.147. The van der Waals surface area contributed by atoms with E-state index in [2.05, 4.69) is 11.3 Å². The van der Waals surface area contributed by atoms with Crippen LogP contribution < -0.4 is 0 Å². The molecule has 0 spiro atoms. The van der Waals surface area contributed by atoms with Gasteiger partial charge in [0.25, 0.3) is 0 Å². The van der Waals surface area contributed by atoms with Crippen LogP contribution in [0.1, 0.15) is 0 Å². The highest BCUT2D eigenvalue weighted by Crippen LogP contribution is 1.88. The first-order valence-electron chi connectivity index (χ1n) is 2.82. The van der Waals surface area contributed by atoms with Gasteiger partial charge in [0, 0.05) is 13.2 Å². The molecule has 1 amide bonds. The average Bonchev–Trinajstić information content (AvgIpc) is 1.98. The first-order valence-corrected chi connectivity index (χ1v) is 2.82. The normalized spacial score (nSPS) is 9.40. The number of methoxy groups -OCH3 is 1. The Kier molecular flexibility index (Phi) is 4.04. The van der Waals surface area contributed by atoms with Gasteiger partial charge in [-0.25, -0.2) is 4.79 Å². The number of carbonyl (C=O) groups excluding carboxylic acids is 1. The molecule has 0 fully saturated rings. The maximum atomic E-state index is 10.6. The maximum absolute atomic E-state index is 10.6. The number of rotatable bonds is 2. The molecule has 0 N–H and O–H groups in total. The summed E-state index contributed by atoms with van der Waals surface area (Å²) in [6.45, 7) is 3.45. The lowest BCUT2D eigenvalue weighted by atomic mass is 10.6. The fourth-order valence-electron chi connectivity index (χ4n) is 0.395. The van der Waals surface area contributed by atoms with Gasteiger partial charge >= 0.3 is 6.09 Å². The fourth-order valence-corrected chi connectivity index (χ4v) is 0.395. The number of allylic oxidation sites excluding steroid dienone is 2. The highest BCUT2D eigenvalue weighted by molar-refractivity contribution is 5.68. The molecule has 0 saturated heterocycles. The Morgan fingerprint density at radius 3 is 2.70 bits per heavy atom. The van der Waals surface area contributed by atoms with Crippen LogP contribution in [0.3, 0.4) is 0 Å². The second-order valence-electron chi connectivity index (χ2n) is 1.66. The van der Waals surface area contributed by atoms with E-state index >= 15 is 0 Å². The lowest BCUT2D eigenvalue weighted by Crippen LogP contribution is -2.19. The van der Waals surface area contributed by atoms with Gasteiger partial charge < -0.3 is 4.74 Å². The van der Waals surface area contributed by atoms with E-state index in [0.717, 1.165) is 0 Å². The molecule has 10 heavy (non-hydrogen) atoms. The van der Waals surface area contributed by atoms with Gasteiger partial charge in [-0.1, -0.05) is 12.7 Å². The molecule has 56 valence electrons. The van der Waals surface area contributed by atoms with Gasteiger partial charge in [0.1, 0.15) is 0 Å². The van der Waals surface area contributed by atoms with E-state index in [1.807, 2.05) is 0 Å². The topological polar surface area (TPSA) is 29.5 Å². The van der Waals surface area contributed by atoms with Crippen molar-refractivity contribution in [2.45, 2.75) is 0 Å². The summed E-state index contributed by atoms with van der Waals surface area (Å²) in [5.41, 5.74) is 0. The van der Waals surface area contributed by atoms with E-state index in [1.165, 1.54) is 12.0 Å². The molecule has 3 nitrogen and oxygen atoms in total. The minimum atomic E-state index is -0.391. The number of amides is 1. The van der Waals surface area contributed by atoms with E-state index in [-0.39, 0.29) is 0 Å². The van der Waals surface area contributed by atoms with Crippen molar-refractivity contribution in [3.8, 4) is 0 Å². The Morgan fingerprint density at radius 2 is 2.30 bits per heavy atom. The second-order valence-corrected chi connectivity index (χ2v) is 1.66. The van der Waals surface area contributed by atoms with Crippen molar-refractivity contribution in [2.24, 2.45) is 0 Å². The Morgan fingerprint density at radius 1 is 1.70 bits per heavy atom. The monoisotopic (exact) mass is 141 g/mol. The SMILES string of the molecule is C=C/C=C/N(C)C(=O)OC. The Balaban J connectivity index is 3.83. The van der Waals surface area contributed by atoms with Gasteiger partial charge in [-0.05, 0) is 6.08 Å². The third kappa shape index (κ3) is 2.91. The minimum absolute atomic E-state index is 0.391. The van der Waals surface area contributed by atoms with Crippen molar-refractivity contribution in [1.29, 1.82) is 0 Å². The number of hydrogen-bond donors (Lipinski definition) is 0. The number of carbonyl (C=O) groups is 1. The van der Waals surface area contributed by atoms with Gasteiger partial charge in [0.05, 0.1) is 7.11 Å². The molecule has 0 rings (SSSR count). The summed E-state index contributed by atoms with van der Waals surface area (Å²) in [6, 6.07) is 0. The predicted molar refractivity (Wildman–Crippen MR) is 39.5 cm³/mol. The highest BCUT2D eigenvalue weighted by Gasteiger charge is 2.01. The second kappa shape index (κ2) is 4.61. The van der Waals surface area contributed by atoms with Crippen molar-refractivity contribution >= 4 is 6.09 Å². The zero-order valence-electron chi connectivity index (χ0n) is 6.20. The van der Waals surface area contributed by atoms with Crippen LogP contribution in [0.25, 0.3) is 0 Å². The third-order valence-electron chi connectivity index (χ3n) is 0.908. The molecule has 0 saturated carbocycles. The molecule has 0 aromatic heterocycles. The third-order valence-corrected chi connectivity index (χ3v) is 0.908. The summed E-state index contributed by atoms with van der Waals surface area (Å²) in [4.78, 5) is 12.0. The van der Waals surface area contributed by atoms with E-state index in [0.29, 0.717) is 0 Å². The Hall–Kier alpha value is -1.25. The van der Waals surface area contributed by atoms with Crippen LogP contribution in [0, 0.1) is 0 Å². The number of ether oxygens (including phenoxy) is 1. The summed E-state index contributed by atoms with van der Waals surface area (Å²) < 4.78 is 4.41. The number of nitrogens with zero attached hydrogens (tertiary/aromatic N) is 1. The molecule has 0 atom stereocenters. The van der Waals surface area contributed by atoms with E-state index in [9.17, 15) is 4.79 Å². The zero-order chi connectivity index (χ0) is 7.98. The van der Waals surface area contributed by atoms with Crippen LogP contribution in [0.4, 0.5) is 4.79 Å². The summed E-state index contributed by atoms with van der Waals surface area (Å²) in [7, 11) is 2.94. The molecule has 0 aromatic rings. The first-order chi connectivity index (χ1) is 4.72. The molecule has 0 aliphatic rings. The molecule has 0 aliphatic carbocycles. The molecule has 0 unspecified atom stereocenters. The van der Waals surface area contributed by atoms with Crippen molar-refractivity contribution in [3.05, 3.63) is 24.9 Å². The van der Waals surface area contributed by atoms with Gasteiger partial charge in [-0.15, -0.1) is 0 Å². The van der Waals surface area contributed by atoms with Crippen LogP contribution in [0.2, 0.25) is 0 Å². The summed E-state index contributed by atoms with van der Waals surface area (Å²) in [6.07, 6.45) is 4.41. The standard InChI is InChI=1S/C7H11NO2/c1-4-5-6-8(2)7(9)10-3/h4-6H,1H2,2-3H3/b6-5+. The minimum Gasteiger partial charge on any atom is -0.453 e. The van der Waals surface area contributed by atoms with Crippen LogP contribution >= 0.6 is 0 Å². The van der Waals surface area contributed by atoms with E-state index in [4.69, 9.17) is 0 Å². The van der Waals surface area contributed by atoms with Crippen LogP contribution in [0.5, 0.6) is 0 Å². The van der Waals surface area contributed by atoms with Crippen LogP contribution in [-0.4, -0.2) is 25.2 Å². The fraction of sp³-hybridized carbons (Fsp3) is 0.286. The molecule has 0 aliphatic heterocycles. The quantitative estimate of drug-likeness (QED) is 0.544. The van der Waals surface area contributed by atoms with E-state index < -0.39 is 6.09 Å². The van der Waals surface area contributed by atoms with E-state index in [1.54, 1.807) is 25.4 Å². The van der Waals surface area contributed by atoms with Gasteiger partial charge in [-0.3, -0.25) is 4.90 Å². The smallest absolute Gasteiger partial charge is 0.413 e. The highest BCUT2D eigenvalue weighted by atomic mass is 16.5. The van der Waals surface area contributed by atoms with Gasteiger partial charge in [-0.2, -0.15) is 0 Å². The molecule has 0 radical (unpaired) electrons. The summed E-state index contributed by atoms with van der Waals surface area (Å²) in [5, 5.41) is 0. The molecular weight excluding hydrogens is 130 g/mol. The van der Waals surface area contributed by atoms with Crippen LogP contribution in [-0.2, 0) is 4.74 Å². The number of hydrogen-bond acceptors (Lipinski definition) is 2. The molecule has 0 bridgehead atoms. The Labute approximate surface area is 60.6 Å². The average molecular weight is 141 g/mol. The predicted octanol–water partition coefficient (Wildman–Crippen LogP) is 1.38. The van der Waals surface area contributed by atoms with Crippen molar-refractivity contribution < 1.29 is 9.53 Å². The summed E-state index contributed by atoms with van der Waals surface area (Å²) in [5.74, 6) is 0. The maximum Gasteiger partial charge on any atom is 0.413 e. The lowest BCUT2D eigenvalue weighted by Gasteiger charge is -2.07. The van der Waals surface area contributed by atoms with Crippen molar-refractivity contribution in [3.63, 3.8) is 0 Å². The van der Waals surface area contributed by atoms with Gasteiger partial charge in [0.2, 0.25) is 0 Å². The van der Waals surface area contributed by atoms with Crippen LogP contribution in [0.15, 0.2) is 24.9 Å². The molecule has 3 heteroatoms. The largest absolute Gasteiger partial charge is 0.453 e. The summed E-state index contributed by atoms with van der Waals surface area (Å²) >= 11 is 0. The van der Waals surface area contributed by atoms with Crippen molar-refractivity contribution in [2.75, 3.05) is 14.2 Å². The van der Waals surface area contributed by atoms with Crippen molar-refractivity contribution in [1.82, 2.24) is 4.90 Å². The first kappa shape index (κ1) is 8.75. The molecule has 0 aromatic carbocycles. The Bertz CT molecular complexity index is 152. The molecular formula is C7H11NO2. The zero-order valence-corrected chi connectivity index (χ0v) is 6.20. The molecule has 0 heterocycles. The van der Waals surface area contributed by atoms with Gasteiger partial charge in [0.15, 0.2) is 0 Å².